The molecule has 3 heteroatoms. The Morgan fingerprint density at radius 3 is 2.33 bits per heavy atom. The number of hydrogen-bond donors (Lipinski definition) is 1. The Kier molecular flexibility index (Phi) is 4.43. The van der Waals surface area contributed by atoms with Crippen molar-refractivity contribution in [3.63, 3.8) is 0 Å². The average molecular weight is 353 g/mol. The third-order valence-electron chi connectivity index (χ3n) is 4.90. The van der Waals surface area contributed by atoms with E-state index in [1.807, 2.05) is 72.8 Å². The van der Waals surface area contributed by atoms with Crippen LogP contribution in [0.25, 0.3) is 10.8 Å². The van der Waals surface area contributed by atoms with E-state index in [2.05, 4.69) is 5.32 Å². The molecule has 0 saturated carbocycles. The predicted molar refractivity (Wildman–Crippen MR) is 108 cm³/mol. The number of carbonyl (C=O) groups is 2. The molecule has 3 nitrogen and oxygen atoms in total. The fraction of sp³-hybridized carbons (Fsp3) is 0.0833. The fourth-order valence-electron chi connectivity index (χ4n) is 3.52. The van der Waals surface area contributed by atoms with Crippen molar-refractivity contribution < 1.29 is 9.59 Å². The Labute approximate surface area is 158 Å². The molecule has 132 valence electrons. The van der Waals surface area contributed by atoms with Crippen LogP contribution in [0.3, 0.4) is 0 Å². The Bertz CT molecular complexity index is 1060. The minimum Gasteiger partial charge on any atom is -0.375 e. The van der Waals surface area contributed by atoms with Gasteiger partial charge in [0.1, 0.15) is 5.54 Å². The first-order chi connectivity index (χ1) is 13.2. The van der Waals surface area contributed by atoms with Crippen LogP contribution in [0.1, 0.15) is 27.1 Å². The summed E-state index contributed by atoms with van der Waals surface area (Å²) in [6, 6.07) is 22.6. The standard InChI is InChI=1S/C24H19NO2/c26-22(21-14-8-12-18-9-4-5-13-20(18)21)17-24(15-6-7-16-25-24)23(27)19-10-2-1-3-11-19/h1-16,25H,17H2. The van der Waals surface area contributed by atoms with Crippen molar-refractivity contribution in [2.75, 3.05) is 0 Å². The average Bonchev–Trinajstić information content (AvgIpc) is 2.74. The number of rotatable bonds is 5. The maximum atomic E-state index is 13.3. The molecule has 1 atom stereocenters. The van der Waals surface area contributed by atoms with Gasteiger partial charge in [-0.1, -0.05) is 84.9 Å². The number of Topliss-reactive ketones (excluding diaryl/α,β-unsaturated/α-hetero) is 2. The minimum atomic E-state index is -1.08. The lowest BCUT2D eigenvalue weighted by Gasteiger charge is -2.31. The highest BCUT2D eigenvalue weighted by Crippen LogP contribution is 2.27. The summed E-state index contributed by atoms with van der Waals surface area (Å²) in [4.78, 5) is 26.5. The Hall–Kier alpha value is -3.46. The second-order valence-corrected chi connectivity index (χ2v) is 6.66. The molecule has 0 fully saturated rings. The van der Waals surface area contributed by atoms with E-state index in [0.717, 1.165) is 10.8 Å². The second kappa shape index (κ2) is 7.04. The molecule has 0 aliphatic carbocycles. The van der Waals surface area contributed by atoms with Gasteiger partial charge in [0.2, 0.25) is 0 Å². The Morgan fingerprint density at radius 2 is 1.56 bits per heavy atom. The molecule has 0 spiro atoms. The molecule has 1 N–H and O–H groups in total. The maximum absolute atomic E-state index is 13.3. The number of benzene rings is 3. The highest BCUT2D eigenvalue weighted by molar-refractivity contribution is 6.13. The highest BCUT2D eigenvalue weighted by Gasteiger charge is 2.38. The maximum Gasteiger partial charge on any atom is 0.192 e. The van der Waals surface area contributed by atoms with Gasteiger partial charge in [-0.15, -0.1) is 0 Å². The quantitative estimate of drug-likeness (QED) is 0.676. The molecule has 1 aliphatic rings. The first-order valence-corrected chi connectivity index (χ1v) is 8.92. The van der Waals surface area contributed by atoms with Crippen LogP contribution < -0.4 is 5.32 Å². The Balaban J connectivity index is 1.72. The topological polar surface area (TPSA) is 46.2 Å². The van der Waals surface area contributed by atoms with Gasteiger partial charge in [-0.3, -0.25) is 9.59 Å². The summed E-state index contributed by atoms with van der Waals surface area (Å²) < 4.78 is 0. The molecule has 0 radical (unpaired) electrons. The third kappa shape index (κ3) is 3.20. The summed E-state index contributed by atoms with van der Waals surface area (Å²) in [5.41, 5.74) is 0.137. The summed E-state index contributed by atoms with van der Waals surface area (Å²) in [7, 11) is 0. The SMILES string of the molecule is O=C(CC1(C(=O)c2ccccc2)C=CC=CN1)c1cccc2ccccc12. The van der Waals surface area contributed by atoms with Crippen molar-refractivity contribution in [1.82, 2.24) is 5.32 Å². The van der Waals surface area contributed by atoms with E-state index >= 15 is 0 Å². The molecule has 3 aromatic rings. The smallest absolute Gasteiger partial charge is 0.192 e. The number of hydrogen-bond acceptors (Lipinski definition) is 3. The van der Waals surface area contributed by atoms with Gasteiger partial charge < -0.3 is 5.32 Å². The normalized spacial score (nSPS) is 18.2. The predicted octanol–water partition coefficient (Wildman–Crippen LogP) is 4.71. The number of fused-ring (bicyclic) bond motifs is 1. The minimum absolute atomic E-state index is 0.0512. The van der Waals surface area contributed by atoms with Gasteiger partial charge in [-0.2, -0.15) is 0 Å². The van der Waals surface area contributed by atoms with Crippen molar-refractivity contribution in [2.45, 2.75) is 12.0 Å². The lowest BCUT2D eigenvalue weighted by atomic mass is 9.81. The van der Waals surface area contributed by atoms with Crippen LogP contribution in [0.15, 0.2) is 97.2 Å². The zero-order valence-electron chi connectivity index (χ0n) is 14.8. The van der Waals surface area contributed by atoms with E-state index < -0.39 is 5.54 Å². The van der Waals surface area contributed by atoms with E-state index in [4.69, 9.17) is 0 Å². The van der Waals surface area contributed by atoms with Gasteiger partial charge in [0.05, 0.1) is 0 Å². The van der Waals surface area contributed by atoms with Crippen LogP contribution >= 0.6 is 0 Å². The van der Waals surface area contributed by atoms with Crippen LogP contribution in [0.2, 0.25) is 0 Å². The van der Waals surface area contributed by atoms with Crippen molar-refractivity contribution in [1.29, 1.82) is 0 Å². The highest BCUT2D eigenvalue weighted by atomic mass is 16.1. The first kappa shape index (κ1) is 17.0. The molecule has 0 saturated heterocycles. The molecule has 0 aromatic heterocycles. The number of dihydropyridines is 1. The summed E-state index contributed by atoms with van der Waals surface area (Å²) in [5.74, 6) is -0.180. The largest absolute Gasteiger partial charge is 0.375 e. The molecule has 27 heavy (non-hydrogen) atoms. The number of carbonyl (C=O) groups excluding carboxylic acids is 2. The lowest BCUT2D eigenvalue weighted by molar-refractivity contribution is 0.0835. The molecular formula is C24H19NO2. The van der Waals surface area contributed by atoms with E-state index in [1.165, 1.54) is 0 Å². The van der Waals surface area contributed by atoms with Crippen molar-refractivity contribution >= 4 is 22.3 Å². The molecular weight excluding hydrogens is 334 g/mol. The zero-order chi connectivity index (χ0) is 18.7. The van der Waals surface area contributed by atoms with Crippen molar-refractivity contribution in [3.8, 4) is 0 Å². The van der Waals surface area contributed by atoms with Gasteiger partial charge >= 0.3 is 0 Å². The van der Waals surface area contributed by atoms with Crippen LogP contribution in [-0.4, -0.2) is 17.1 Å². The fourth-order valence-corrected chi connectivity index (χ4v) is 3.52. The summed E-state index contributed by atoms with van der Waals surface area (Å²) in [6.45, 7) is 0. The van der Waals surface area contributed by atoms with Crippen LogP contribution in [0.5, 0.6) is 0 Å². The van der Waals surface area contributed by atoms with Crippen LogP contribution in [0, 0.1) is 0 Å². The number of allylic oxidation sites excluding steroid dienone is 2. The van der Waals surface area contributed by atoms with Crippen LogP contribution in [0.4, 0.5) is 0 Å². The Morgan fingerprint density at radius 1 is 0.815 bits per heavy atom. The van der Waals surface area contributed by atoms with E-state index in [9.17, 15) is 9.59 Å². The van der Waals surface area contributed by atoms with E-state index in [0.29, 0.717) is 11.1 Å². The number of ketones is 2. The molecule has 1 unspecified atom stereocenters. The molecule has 0 amide bonds. The summed E-state index contributed by atoms with van der Waals surface area (Å²) in [6.07, 6.45) is 7.19. The van der Waals surface area contributed by atoms with E-state index in [-0.39, 0.29) is 18.0 Å². The zero-order valence-corrected chi connectivity index (χ0v) is 14.8. The first-order valence-electron chi connectivity index (χ1n) is 8.92. The molecule has 1 heterocycles. The second-order valence-electron chi connectivity index (χ2n) is 6.66. The lowest BCUT2D eigenvalue weighted by Crippen LogP contribution is -2.50. The monoisotopic (exact) mass is 353 g/mol. The van der Waals surface area contributed by atoms with E-state index in [1.54, 1.807) is 24.4 Å². The third-order valence-corrected chi connectivity index (χ3v) is 4.90. The van der Waals surface area contributed by atoms with Gasteiger partial charge in [-0.25, -0.2) is 0 Å². The van der Waals surface area contributed by atoms with Crippen LogP contribution in [-0.2, 0) is 0 Å². The molecule has 4 rings (SSSR count). The van der Waals surface area contributed by atoms with Crippen molar-refractivity contribution in [3.05, 3.63) is 108 Å². The van der Waals surface area contributed by atoms with Crippen molar-refractivity contribution in [2.24, 2.45) is 0 Å². The van der Waals surface area contributed by atoms with Gasteiger partial charge in [-0.05, 0) is 23.0 Å². The summed E-state index contributed by atoms with van der Waals surface area (Å²) in [5, 5.41) is 5.06. The van der Waals surface area contributed by atoms with Gasteiger partial charge in [0.25, 0.3) is 0 Å². The molecule has 1 aliphatic heterocycles. The summed E-state index contributed by atoms with van der Waals surface area (Å²) >= 11 is 0. The molecule has 3 aromatic carbocycles. The molecule has 0 bridgehead atoms. The number of nitrogens with one attached hydrogen (secondary N) is 1. The van der Waals surface area contributed by atoms with Gasteiger partial charge in [0, 0.05) is 17.5 Å². The van der Waals surface area contributed by atoms with Gasteiger partial charge in [0.15, 0.2) is 11.6 Å².